The van der Waals surface area contributed by atoms with E-state index in [0.717, 1.165) is 29.0 Å². The first-order valence-electron chi connectivity index (χ1n) is 8.83. The molecule has 0 fully saturated rings. The van der Waals surface area contributed by atoms with Gasteiger partial charge in [0.05, 0.1) is 34.0 Å². The SMILES string of the molecule is COc1ccc(CNC(N)=NCc2ccc3c(c2)OCCCO3)cc1OC.I. The number of methoxy groups -OCH3 is 2. The molecule has 2 aromatic carbocycles. The fraction of sp³-hybridized carbons (Fsp3) is 0.350. The molecule has 8 heteroatoms. The van der Waals surface area contributed by atoms with Gasteiger partial charge in [-0.05, 0) is 35.4 Å². The molecule has 0 bridgehead atoms. The van der Waals surface area contributed by atoms with Crippen LogP contribution in [0, 0.1) is 0 Å². The minimum absolute atomic E-state index is 0. The van der Waals surface area contributed by atoms with Gasteiger partial charge in [-0.25, -0.2) is 4.99 Å². The van der Waals surface area contributed by atoms with Crippen LogP contribution >= 0.6 is 24.0 Å². The number of nitrogens with two attached hydrogens (primary N) is 1. The molecular weight excluding hydrogens is 473 g/mol. The van der Waals surface area contributed by atoms with Crippen molar-refractivity contribution in [2.24, 2.45) is 10.7 Å². The van der Waals surface area contributed by atoms with E-state index >= 15 is 0 Å². The first kappa shape index (κ1) is 21.9. The van der Waals surface area contributed by atoms with Crippen LogP contribution in [0.15, 0.2) is 41.4 Å². The van der Waals surface area contributed by atoms with Gasteiger partial charge in [0.25, 0.3) is 0 Å². The molecule has 0 amide bonds. The van der Waals surface area contributed by atoms with E-state index in [1.54, 1.807) is 14.2 Å². The van der Waals surface area contributed by atoms with Crippen LogP contribution in [0.4, 0.5) is 0 Å². The molecule has 0 atom stereocenters. The van der Waals surface area contributed by atoms with Crippen LogP contribution in [-0.4, -0.2) is 33.4 Å². The molecule has 152 valence electrons. The van der Waals surface area contributed by atoms with Crippen molar-refractivity contribution in [3.8, 4) is 23.0 Å². The second kappa shape index (κ2) is 10.8. The number of guanidine groups is 1. The molecule has 3 N–H and O–H groups in total. The van der Waals surface area contributed by atoms with E-state index in [-0.39, 0.29) is 24.0 Å². The Morgan fingerprint density at radius 1 is 1.00 bits per heavy atom. The molecule has 28 heavy (non-hydrogen) atoms. The predicted octanol–water partition coefficient (Wildman–Crippen LogP) is 3.09. The predicted molar refractivity (Wildman–Crippen MR) is 119 cm³/mol. The molecule has 0 saturated heterocycles. The molecule has 0 radical (unpaired) electrons. The molecule has 0 saturated carbocycles. The number of nitrogens with zero attached hydrogens (tertiary/aromatic N) is 1. The second-order valence-corrected chi connectivity index (χ2v) is 6.08. The maximum Gasteiger partial charge on any atom is 0.189 e. The van der Waals surface area contributed by atoms with Gasteiger partial charge >= 0.3 is 0 Å². The minimum Gasteiger partial charge on any atom is -0.493 e. The van der Waals surface area contributed by atoms with Crippen molar-refractivity contribution < 1.29 is 18.9 Å². The second-order valence-electron chi connectivity index (χ2n) is 6.08. The van der Waals surface area contributed by atoms with Crippen LogP contribution in [0.3, 0.4) is 0 Å². The molecule has 3 rings (SSSR count). The van der Waals surface area contributed by atoms with E-state index in [0.29, 0.717) is 43.8 Å². The lowest BCUT2D eigenvalue weighted by Crippen LogP contribution is -2.31. The molecule has 1 heterocycles. The van der Waals surface area contributed by atoms with Crippen molar-refractivity contribution in [3.63, 3.8) is 0 Å². The number of fused-ring (bicyclic) bond motifs is 1. The Balaban J connectivity index is 0.00000280. The Labute approximate surface area is 182 Å². The highest BCUT2D eigenvalue weighted by Crippen LogP contribution is 2.30. The fourth-order valence-electron chi connectivity index (χ4n) is 2.72. The summed E-state index contributed by atoms with van der Waals surface area (Å²) in [5.74, 6) is 3.28. The summed E-state index contributed by atoms with van der Waals surface area (Å²) in [5, 5.41) is 3.11. The van der Waals surface area contributed by atoms with Crippen LogP contribution in [0.2, 0.25) is 0 Å². The summed E-state index contributed by atoms with van der Waals surface area (Å²) < 4.78 is 21.9. The van der Waals surface area contributed by atoms with E-state index in [1.807, 2.05) is 36.4 Å². The van der Waals surface area contributed by atoms with Gasteiger partial charge in [0.1, 0.15) is 0 Å². The molecule has 0 unspecified atom stereocenters. The lowest BCUT2D eigenvalue weighted by Gasteiger charge is -2.11. The molecule has 0 aliphatic carbocycles. The Morgan fingerprint density at radius 3 is 2.46 bits per heavy atom. The summed E-state index contributed by atoms with van der Waals surface area (Å²) in [6.45, 7) is 2.34. The molecule has 2 aromatic rings. The number of nitrogens with one attached hydrogen (secondary N) is 1. The quantitative estimate of drug-likeness (QED) is 0.361. The Kier molecular flexibility index (Phi) is 8.49. The lowest BCUT2D eigenvalue weighted by molar-refractivity contribution is 0.297. The zero-order valence-electron chi connectivity index (χ0n) is 16.1. The van der Waals surface area contributed by atoms with Crippen molar-refractivity contribution >= 4 is 29.9 Å². The summed E-state index contributed by atoms with van der Waals surface area (Å²) in [7, 11) is 3.22. The van der Waals surface area contributed by atoms with Gasteiger partial charge < -0.3 is 30.0 Å². The minimum atomic E-state index is 0. The van der Waals surface area contributed by atoms with Crippen LogP contribution in [0.5, 0.6) is 23.0 Å². The molecule has 1 aliphatic rings. The van der Waals surface area contributed by atoms with E-state index in [2.05, 4.69) is 10.3 Å². The maximum absolute atomic E-state index is 5.99. The average molecular weight is 499 g/mol. The number of ether oxygens (including phenoxy) is 4. The van der Waals surface area contributed by atoms with Gasteiger partial charge in [0.2, 0.25) is 0 Å². The van der Waals surface area contributed by atoms with E-state index < -0.39 is 0 Å². The third kappa shape index (κ3) is 5.82. The van der Waals surface area contributed by atoms with E-state index in [4.69, 9.17) is 24.7 Å². The standard InChI is InChI=1S/C20H25N3O4.HI/c1-24-16-6-4-14(10-18(16)25-2)12-22-20(21)23-13-15-5-7-17-19(11-15)27-9-3-8-26-17;/h4-7,10-11H,3,8-9,12-13H2,1-2H3,(H3,21,22,23);1H. The van der Waals surface area contributed by atoms with Crippen LogP contribution in [-0.2, 0) is 13.1 Å². The molecule has 0 spiro atoms. The first-order valence-corrected chi connectivity index (χ1v) is 8.83. The number of hydrogen-bond acceptors (Lipinski definition) is 5. The topological polar surface area (TPSA) is 87.3 Å². The number of rotatable bonds is 6. The molecule has 7 nitrogen and oxygen atoms in total. The number of hydrogen-bond donors (Lipinski definition) is 2. The van der Waals surface area contributed by atoms with Crippen LogP contribution in [0.25, 0.3) is 0 Å². The van der Waals surface area contributed by atoms with Gasteiger partial charge in [0, 0.05) is 13.0 Å². The molecular formula is C20H26IN3O4. The molecule has 1 aliphatic heterocycles. The third-order valence-electron chi connectivity index (χ3n) is 4.17. The first-order chi connectivity index (χ1) is 13.2. The van der Waals surface area contributed by atoms with Crippen molar-refractivity contribution in [1.29, 1.82) is 0 Å². The van der Waals surface area contributed by atoms with E-state index in [1.165, 1.54) is 0 Å². The van der Waals surface area contributed by atoms with Crippen molar-refractivity contribution in [2.45, 2.75) is 19.5 Å². The van der Waals surface area contributed by atoms with Crippen LogP contribution < -0.4 is 30.0 Å². The van der Waals surface area contributed by atoms with Gasteiger partial charge in [-0.15, -0.1) is 24.0 Å². The zero-order chi connectivity index (χ0) is 19.1. The maximum atomic E-state index is 5.99. The van der Waals surface area contributed by atoms with Gasteiger partial charge in [-0.2, -0.15) is 0 Å². The lowest BCUT2D eigenvalue weighted by atomic mass is 10.2. The Hall–Kier alpha value is -2.36. The van der Waals surface area contributed by atoms with E-state index in [9.17, 15) is 0 Å². The summed E-state index contributed by atoms with van der Waals surface area (Å²) in [6, 6.07) is 11.6. The smallest absolute Gasteiger partial charge is 0.189 e. The highest BCUT2D eigenvalue weighted by Gasteiger charge is 2.10. The van der Waals surface area contributed by atoms with Crippen molar-refractivity contribution in [2.75, 3.05) is 27.4 Å². The van der Waals surface area contributed by atoms with Gasteiger partial charge in [0.15, 0.2) is 29.0 Å². The zero-order valence-corrected chi connectivity index (χ0v) is 18.4. The van der Waals surface area contributed by atoms with Crippen molar-refractivity contribution in [1.82, 2.24) is 5.32 Å². The normalized spacial score (nSPS) is 13.1. The molecule has 0 aromatic heterocycles. The summed E-state index contributed by atoms with van der Waals surface area (Å²) in [4.78, 5) is 4.39. The fourth-order valence-corrected chi connectivity index (χ4v) is 2.72. The Morgan fingerprint density at radius 2 is 1.71 bits per heavy atom. The summed E-state index contributed by atoms with van der Waals surface area (Å²) in [6.07, 6.45) is 0.884. The van der Waals surface area contributed by atoms with Crippen LogP contribution in [0.1, 0.15) is 17.5 Å². The largest absolute Gasteiger partial charge is 0.493 e. The third-order valence-corrected chi connectivity index (χ3v) is 4.17. The van der Waals surface area contributed by atoms with Gasteiger partial charge in [-0.3, -0.25) is 0 Å². The number of benzene rings is 2. The number of halogens is 1. The van der Waals surface area contributed by atoms with Gasteiger partial charge in [-0.1, -0.05) is 12.1 Å². The summed E-state index contributed by atoms with van der Waals surface area (Å²) in [5.41, 5.74) is 8.01. The van der Waals surface area contributed by atoms with Crippen molar-refractivity contribution in [3.05, 3.63) is 47.5 Å². The highest BCUT2D eigenvalue weighted by molar-refractivity contribution is 14.0. The summed E-state index contributed by atoms with van der Waals surface area (Å²) >= 11 is 0. The average Bonchev–Trinajstić information content (AvgIpc) is 2.95. The monoisotopic (exact) mass is 499 g/mol. The highest BCUT2D eigenvalue weighted by atomic mass is 127. The number of aliphatic imine (C=N–C) groups is 1. The Bertz CT molecular complexity index is 814.